The van der Waals surface area contributed by atoms with Crippen molar-refractivity contribution in [2.45, 2.75) is 38.6 Å². The molecule has 3 N–H and O–H groups in total. The van der Waals surface area contributed by atoms with E-state index in [1.165, 1.54) is 6.33 Å². The summed E-state index contributed by atoms with van der Waals surface area (Å²) in [5.41, 5.74) is -0.115. The standard InChI is InChI=1S/C14H20N4O3/c19-12(20)14(5-2-1-3-6-14)9-17-13(21)16-8-11-4-7-15-10-18-11/h4,7,10H,1-3,5-6,8-9H2,(H,19,20)(H2,16,17,21). The predicted molar refractivity (Wildman–Crippen MR) is 75.4 cm³/mol. The van der Waals surface area contributed by atoms with E-state index < -0.39 is 11.4 Å². The van der Waals surface area contributed by atoms with Gasteiger partial charge in [-0.15, -0.1) is 0 Å². The Balaban J connectivity index is 1.80. The van der Waals surface area contributed by atoms with Crippen molar-refractivity contribution in [1.29, 1.82) is 0 Å². The molecule has 114 valence electrons. The number of hydrogen-bond acceptors (Lipinski definition) is 4. The topological polar surface area (TPSA) is 104 Å². The third-order valence-corrected chi connectivity index (χ3v) is 3.92. The molecule has 0 bridgehead atoms. The van der Waals surface area contributed by atoms with Gasteiger partial charge in [0.25, 0.3) is 0 Å². The Morgan fingerprint density at radius 3 is 2.62 bits per heavy atom. The van der Waals surface area contributed by atoms with Gasteiger partial charge >= 0.3 is 12.0 Å². The van der Waals surface area contributed by atoms with Gasteiger partial charge in [0.2, 0.25) is 0 Å². The summed E-state index contributed by atoms with van der Waals surface area (Å²) >= 11 is 0. The molecule has 0 saturated heterocycles. The van der Waals surface area contributed by atoms with E-state index in [-0.39, 0.29) is 19.1 Å². The maximum absolute atomic E-state index is 11.8. The fraction of sp³-hybridized carbons (Fsp3) is 0.571. The zero-order valence-electron chi connectivity index (χ0n) is 11.8. The van der Waals surface area contributed by atoms with E-state index in [2.05, 4.69) is 20.6 Å². The molecule has 0 aromatic carbocycles. The van der Waals surface area contributed by atoms with Crippen LogP contribution in [-0.4, -0.2) is 33.6 Å². The van der Waals surface area contributed by atoms with Gasteiger partial charge in [-0.1, -0.05) is 19.3 Å². The smallest absolute Gasteiger partial charge is 0.315 e. The van der Waals surface area contributed by atoms with Crippen LogP contribution in [0.3, 0.4) is 0 Å². The number of urea groups is 1. The number of rotatable bonds is 5. The summed E-state index contributed by atoms with van der Waals surface area (Å²) in [5.74, 6) is -0.821. The van der Waals surface area contributed by atoms with Crippen LogP contribution in [0.15, 0.2) is 18.6 Å². The van der Waals surface area contributed by atoms with Crippen LogP contribution >= 0.6 is 0 Å². The second-order valence-electron chi connectivity index (χ2n) is 5.38. The molecule has 2 rings (SSSR count). The molecular weight excluding hydrogens is 272 g/mol. The van der Waals surface area contributed by atoms with Crippen LogP contribution < -0.4 is 10.6 Å². The molecule has 0 atom stereocenters. The van der Waals surface area contributed by atoms with Crippen LogP contribution in [0.4, 0.5) is 4.79 Å². The van der Waals surface area contributed by atoms with E-state index in [9.17, 15) is 14.7 Å². The van der Waals surface area contributed by atoms with Gasteiger partial charge in [-0.2, -0.15) is 0 Å². The first-order valence-electron chi connectivity index (χ1n) is 7.12. The first kappa shape index (κ1) is 15.2. The SMILES string of the molecule is O=C(NCc1ccncn1)NCC1(C(=O)O)CCCCC1. The molecule has 0 spiro atoms. The van der Waals surface area contributed by atoms with Gasteiger partial charge in [0.1, 0.15) is 6.33 Å². The van der Waals surface area contributed by atoms with Crippen LogP contribution in [0.2, 0.25) is 0 Å². The number of nitrogens with one attached hydrogen (secondary N) is 2. The van der Waals surface area contributed by atoms with Crippen LogP contribution in [-0.2, 0) is 11.3 Å². The molecule has 1 heterocycles. The molecule has 0 aliphatic heterocycles. The normalized spacial score (nSPS) is 17.0. The monoisotopic (exact) mass is 292 g/mol. The molecule has 7 heteroatoms. The average Bonchev–Trinajstić information content (AvgIpc) is 2.52. The number of aliphatic carboxylic acids is 1. The van der Waals surface area contributed by atoms with E-state index in [1.54, 1.807) is 12.3 Å². The van der Waals surface area contributed by atoms with Crippen LogP contribution in [0, 0.1) is 5.41 Å². The fourth-order valence-corrected chi connectivity index (χ4v) is 2.60. The molecule has 1 aliphatic rings. The summed E-state index contributed by atoms with van der Waals surface area (Å²) in [6.07, 6.45) is 7.12. The minimum atomic E-state index is -0.821. The molecule has 7 nitrogen and oxygen atoms in total. The summed E-state index contributed by atoms with van der Waals surface area (Å²) in [7, 11) is 0. The molecule has 0 unspecified atom stereocenters. The summed E-state index contributed by atoms with van der Waals surface area (Å²) in [6.45, 7) is 0.451. The molecule has 1 saturated carbocycles. The van der Waals surface area contributed by atoms with E-state index in [0.717, 1.165) is 19.3 Å². The molecule has 1 aromatic rings. The summed E-state index contributed by atoms with van der Waals surface area (Å²) in [4.78, 5) is 31.0. The van der Waals surface area contributed by atoms with Crippen molar-refractivity contribution in [1.82, 2.24) is 20.6 Å². The Morgan fingerprint density at radius 2 is 2.00 bits per heavy atom. The highest BCUT2D eigenvalue weighted by Crippen LogP contribution is 2.35. The lowest BCUT2D eigenvalue weighted by Crippen LogP contribution is -2.47. The molecule has 1 fully saturated rings. The van der Waals surface area contributed by atoms with Crippen molar-refractivity contribution in [2.24, 2.45) is 5.41 Å². The largest absolute Gasteiger partial charge is 0.481 e. The molecule has 21 heavy (non-hydrogen) atoms. The highest BCUT2D eigenvalue weighted by Gasteiger charge is 2.39. The highest BCUT2D eigenvalue weighted by atomic mass is 16.4. The number of aromatic nitrogens is 2. The zero-order chi connectivity index (χ0) is 15.1. The molecule has 1 aromatic heterocycles. The number of carboxylic acids is 1. The van der Waals surface area contributed by atoms with Gasteiger partial charge in [0.05, 0.1) is 17.7 Å². The third kappa shape index (κ3) is 4.14. The van der Waals surface area contributed by atoms with Crippen LogP contribution in [0.5, 0.6) is 0 Å². The highest BCUT2D eigenvalue weighted by molar-refractivity contribution is 5.78. The number of hydrogen-bond donors (Lipinski definition) is 3. The molecule has 2 amide bonds. The van der Waals surface area contributed by atoms with E-state index in [4.69, 9.17) is 0 Å². The third-order valence-electron chi connectivity index (χ3n) is 3.92. The number of amides is 2. The molecule has 1 aliphatic carbocycles. The quantitative estimate of drug-likeness (QED) is 0.759. The summed E-state index contributed by atoms with van der Waals surface area (Å²) in [6, 6.07) is 1.33. The predicted octanol–water partition coefficient (Wildman–Crippen LogP) is 1.31. The van der Waals surface area contributed by atoms with Gasteiger partial charge in [0.15, 0.2) is 0 Å². The lowest BCUT2D eigenvalue weighted by Gasteiger charge is -2.33. The summed E-state index contributed by atoms with van der Waals surface area (Å²) in [5, 5.41) is 14.8. The van der Waals surface area contributed by atoms with Crippen molar-refractivity contribution in [3.63, 3.8) is 0 Å². The van der Waals surface area contributed by atoms with Crippen molar-refractivity contribution < 1.29 is 14.7 Å². The number of carbonyl (C=O) groups is 2. The number of nitrogens with zero attached hydrogens (tertiary/aromatic N) is 2. The maximum Gasteiger partial charge on any atom is 0.315 e. The molecule has 0 radical (unpaired) electrons. The van der Waals surface area contributed by atoms with E-state index in [1.807, 2.05) is 0 Å². The summed E-state index contributed by atoms with van der Waals surface area (Å²) < 4.78 is 0. The maximum atomic E-state index is 11.8. The second kappa shape index (κ2) is 7.01. The number of carboxylic acid groups (broad SMARTS) is 1. The Kier molecular flexibility index (Phi) is 5.08. The van der Waals surface area contributed by atoms with Gasteiger partial charge in [0, 0.05) is 12.7 Å². The van der Waals surface area contributed by atoms with Crippen LogP contribution in [0.1, 0.15) is 37.8 Å². The second-order valence-corrected chi connectivity index (χ2v) is 5.38. The first-order chi connectivity index (χ1) is 10.1. The Labute approximate surface area is 123 Å². The van der Waals surface area contributed by atoms with Gasteiger partial charge in [-0.05, 0) is 18.9 Å². The zero-order valence-corrected chi connectivity index (χ0v) is 11.8. The average molecular weight is 292 g/mol. The molecular formula is C14H20N4O3. The van der Waals surface area contributed by atoms with Crippen LogP contribution in [0.25, 0.3) is 0 Å². The van der Waals surface area contributed by atoms with Gasteiger partial charge in [-0.25, -0.2) is 14.8 Å². The van der Waals surface area contributed by atoms with Crippen molar-refractivity contribution >= 4 is 12.0 Å². The van der Waals surface area contributed by atoms with Crippen molar-refractivity contribution in [3.05, 3.63) is 24.3 Å². The Bertz CT molecular complexity index is 486. The lowest BCUT2D eigenvalue weighted by atomic mass is 9.74. The minimum Gasteiger partial charge on any atom is -0.481 e. The fourth-order valence-electron chi connectivity index (χ4n) is 2.60. The van der Waals surface area contributed by atoms with E-state index >= 15 is 0 Å². The van der Waals surface area contributed by atoms with Gasteiger partial charge in [-0.3, -0.25) is 4.79 Å². The first-order valence-corrected chi connectivity index (χ1v) is 7.12. The van der Waals surface area contributed by atoms with E-state index in [0.29, 0.717) is 18.5 Å². The minimum absolute atomic E-state index is 0.165. The Hall–Kier alpha value is -2.18. The Morgan fingerprint density at radius 1 is 1.24 bits per heavy atom. The number of carbonyl (C=O) groups excluding carboxylic acids is 1. The van der Waals surface area contributed by atoms with Crippen molar-refractivity contribution in [2.75, 3.05) is 6.54 Å². The van der Waals surface area contributed by atoms with Crippen molar-refractivity contribution in [3.8, 4) is 0 Å². The van der Waals surface area contributed by atoms with Gasteiger partial charge < -0.3 is 15.7 Å². The lowest BCUT2D eigenvalue weighted by molar-refractivity contribution is -0.150.